The highest BCUT2D eigenvalue weighted by Gasteiger charge is 2.23. The molecular formula is C16H17N3O5S. The summed E-state index contributed by atoms with van der Waals surface area (Å²) in [7, 11) is -2.03. The average molecular weight is 363 g/mol. The van der Waals surface area contributed by atoms with E-state index in [1.807, 2.05) is 31.3 Å². The van der Waals surface area contributed by atoms with Crippen molar-refractivity contribution in [1.29, 1.82) is 0 Å². The summed E-state index contributed by atoms with van der Waals surface area (Å²) in [4.78, 5) is 10.7. The van der Waals surface area contributed by atoms with Crippen LogP contribution in [0.5, 0.6) is 0 Å². The lowest BCUT2D eigenvalue weighted by Gasteiger charge is -2.04. The Labute approximate surface area is 144 Å². The van der Waals surface area contributed by atoms with Crippen LogP contribution in [0, 0.1) is 6.92 Å². The van der Waals surface area contributed by atoms with Crippen molar-refractivity contribution in [2.24, 2.45) is 7.05 Å². The topological polar surface area (TPSA) is 114 Å². The summed E-state index contributed by atoms with van der Waals surface area (Å²) >= 11 is 0. The number of nitrogens with zero attached hydrogens (tertiary/aromatic N) is 2. The van der Waals surface area contributed by atoms with Crippen LogP contribution in [0.1, 0.15) is 22.0 Å². The first kappa shape index (κ1) is 17.2. The maximum Gasteiger partial charge on any atom is 0.371 e. The molecule has 132 valence electrons. The quantitative estimate of drug-likeness (QED) is 0.689. The van der Waals surface area contributed by atoms with Crippen LogP contribution in [0.3, 0.4) is 0 Å². The number of hydrogen-bond acceptors (Lipinski definition) is 5. The van der Waals surface area contributed by atoms with Crippen molar-refractivity contribution >= 4 is 26.9 Å². The number of nitrogens with one attached hydrogen (secondary N) is 1. The SMILES string of the molecule is Cc1oc(C(=O)O)cc1S(=O)(=O)NCCc1nn(C)c2ccccc12. The van der Waals surface area contributed by atoms with Crippen LogP contribution < -0.4 is 4.72 Å². The van der Waals surface area contributed by atoms with Gasteiger partial charge in [-0.2, -0.15) is 5.10 Å². The number of furan rings is 1. The van der Waals surface area contributed by atoms with Crippen molar-refractivity contribution in [1.82, 2.24) is 14.5 Å². The predicted molar refractivity (Wildman–Crippen MR) is 90.0 cm³/mol. The number of carbonyl (C=O) groups is 1. The Morgan fingerprint density at radius 2 is 2.08 bits per heavy atom. The number of carboxylic acid groups (broad SMARTS) is 1. The molecule has 3 aromatic rings. The van der Waals surface area contributed by atoms with E-state index >= 15 is 0 Å². The van der Waals surface area contributed by atoms with Gasteiger partial charge in [0, 0.05) is 31.5 Å². The molecule has 0 radical (unpaired) electrons. The molecular weight excluding hydrogens is 346 g/mol. The standard InChI is InChI=1S/C16H17N3O5S/c1-10-15(9-14(24-10)16(20)21)25(22,23)17-8-7-12-11-5-3-4-6-13(11)19(2)18-12/h3-6,9,17H,7-8H2,1-2H3,(H,20,21). The number of sulfonamides is 1. The molecule has 0 fully saturated rings. The molecule has 0 saturated heterocycles. The van der Waals surface area contributed by atoms with Gasteiger partial charge in [-0.05, 0) is 13.0 Å². The van der Waals surface area contributed by atoms with E-state index < -0.39 is 21.8 Å². The second-order valence-electron chi connectivity index (χ2n) is 5.57. The monoisotopic (exact) mass is 363 g/mol. The molecule has 0 amide bonds. The van der Waals surface area contributed by atoms with Gasteiger partial charge in [-0.15, -0.1) is 0 Å². The third-order valence-electron chi connectivity index (χ3n) is 3.86. The molecule has 0 aliphatic carbocycles. The van der Waals surface area contributed by atoms with Crippen LogP contribution in [0.4, 0.5) is 0 Å². The van der Waals surface area contributed by atoms with Gasteiger partial charge < -0.3 is 9.52 Å². The van der Waals surface area contributed by atoms with E-state index in [0.717, 1.165) is 22.7 Å². The minimum Gasteiger partial charge on any atom is -0.475 e. The fraction of sp³-hybridized carbons (Fsp3) is 0.250. The molecule has 3 rings (SSSR count). The van der Waals surface area contributed by atoms with E-state index in [1.165, 1.54) is 6.92 Å². The lowest BCUT2D eigenvalue weighted by atomic mass is 10.2. The highest BCUT2D eigenvalue weighted by molar-refractivity contribution is 7.89. The van der Waals surface area contributed by atoms with Gasteiger partial charge in [0.25, 0.3) is 0 Å². The summed E-state index contributed by atoms with van der Waals surface area (Å²) in [6.45, 7) is 1.55. The molecule has 0 bridgehead atoms. The zero-order valence-corrected chi connectivity index (χ0v) is 14.5. The van der Waals surface area contributed by atoms with Crippen molar-refractivity contribution in [3.05, 3.63) is 47.5 Å². The molecule has 2 N–H and O–H groups in total. The number of aromatic nitrogens is 2. The van der Waals surface area contributed by atoms with Gasteiger partial charge in [0.05, 0.1) is 11.2 Å². The smallest absolute Gasteiger partial charge is 0.371 e. The Hall–Kier alpha value is -2.65. The molecule has 8 nitrogen and oxygen atoms in total. The molecule has 9 heteroatoms. The number of aryl methyl sites for hydroxylation is 2. The molecule has 0 spiro atoms. The zero-order chi connectivity index (χ0) is 18.2. The highest BCUT2D eigenvalue weighted by Crippen LogP contribution is 2.21. The molecule has 25 heavy (non-hydrogen) atoms. The van der Waals surface area contributed by atoms with Gasteiger partial charge >= 0.3 is 5.97 Å². The van der Waals surface area contributed by atoms with E-state index in [4.69, 9.17) is 9.52 Å². The Balaban J connectivity index is 1.75. The third kappa shape index (κ3) is 3.28. The largest absolute Gasteiger partial charge is 0.475 e. The van der Waals surface area contributed by atoms with E-state index in [0.29, 0.717) is 6.42 Å². The minimum absolute atomic E-state index is 0.0354. The number of para-hydroxylation sites is 1. The summed E-state index contributed by atoms with van der Waals surface area (Å²) in [6.07, 6.45) is 0.406. The Kier molecular flexibility index (Phi) is 4.36. The normalized spacial score (nSPS) is 11.9. The van der Waals surface area contributed by atoms with Gasteiger partial charge in [0.15, 0.2) is 0 Å². The van der Waals surface area contributed by atoms with Crippen LogP contribution in [0.15, 0.2) is 39.6 Å². The van der Waals surface area contributed by atoms with Crippen LogP contribution in [0.2, 0.25) is 0 Å². The van der Waals surface area contributed by atoms with Gasteiger partial charge in [-0.3, -0.25) is 4.68 Å². The van der Waals surface area contributed by atoms with E-state index in [1.54, 1.807) is 4.68 Å². The zero-order valence-electron chi connectivity index (χ0n) is 13.7. The number of hydrogen-bond donors (Lipinski definition) is 2. The number of fused-ring (bicyclic) bond motifs is 1. The van der Waals surface area contributed by atoms with Crippen molar-refractivity contribution in [3.8, 4) is 0 Å². The molecule has 2 aromatic heterocycles. The van der Waals surface area contributed by atoms with Gasteiger partial charge in [0.2, 0.25) is 15.8 Å². The summed E-state index contributed by atoms with van der Waals surface area (Å²) in [5.74, 6) is -1.69. The lowest BCUT2D eigenvalue weighted by Crippen LogP contribution is -2.26. The fourth-order valence-corrected chi connectivity index (χ4v) is 3.90. The first-order valence-electron chi connectivity index (χ1n) is 7.53. The predicted octanol–water partition coefficient (Wildman–Crippen LogP) is 1.69. The molecule has 0 saturated carbocycles. The van der Waals surface area contributed by atoms with E-state index in [-0.39, 0.29) is 17.2 Å². The Morgan fingerprint density at radius 1 is 1.36 bits per heavy atom. The average Bonchev–Trinajstić information content (AvgIpc) is 3.10. The summed E-state index contributed by atoms with van der Waals surface area (Å²) < 4.78 is 33.9. The van der Waals surface area contributed by atoms with E-state index in [2.05, 4.69) is 9.82 Å². The van der Waals surface area contributed by atoms with Gasteiger partial charge in [-0.1, -0.05) is 18.2 Å². The Morgan fingerprint density at radius 3 is 2.76 bits per heavy atom. The second kappa shape index (κ2) is 6.34. The molecule has 2 heterocycles. The van der Waals surface area contributed by atoms with Crippen molar-refractivity contribution in [3.63, 3.8) is 0 Å². The molecule has 1 aromatic carbocycles. The maximum absolute atomic E-state index is 12.4. The number of rotatable bonds is 6. The highest BCUT2D eigenvalue weighted by atomic mass is 32.2. The van der Waals surface area contributed by atoms with Gasteiger partial charge in [-0.25, -0.2) is 17.9 Å². The summed E-state index contributed by atoms with van der Waals surface area (Å²) in [6, 6.07) is 8.71. The van der Waals surface area contributed by atoms with Crippen LogP contribution in [-0.4, -0.2) is 35.8 Å². The first-order valence-corrected chi connectivity index (χ1v) is 9.02. The maximum atomic E-state index is 12.4. The third-order valence-corrected chi connectivity index (χ3v) is 5.43. The fourth-order valence-electron chi connectivity index (χ4n) is 2.69. The number of aromatic carboxylic acids is 1. The van der Waals surface area contributed by atoms with E-state index in [9.17, 15) is 13.2 Å². The minimum atomic E-state index is -3.86. The van der Waals surface area contributed by atoms with Crippen molar-refractivity contribution in [2.45, 2.75) is 18.2 Å². The van der Waals surface area contributed by atoms with Crippen LogP contribution >= 0.6 is 0 Å². The van der Waals surface area contributed by atoms with Crippen molar-refractivity contribution < 1.29 is 22.7 Å². The Bertz CT molecular complexity index is 1050. The summed E-state index contributed by atoms with van der Waals surface area (Å²) in [5, 5.41) is 14.3. The summed E-state index contributed by atoms with van der Waals surface area (Å²) in [5.41, 5.74) is 1.76. The molecule has 0 aliphatic heterocycles. The number of carboxylic acids is 1. The molecule has 0 aliphatic rings. The van der Waals surface area contributed by atoms with Crippen LogP contribution in [0.25, 0.3) is 10.9 Å². The number of benzene rings is 1. The molecule has 0 atom stereocenters. The first-order chi connectivity index (χ1) is 11.8. The molecule has 0 unspecified atom stereocenters. The van der Waals surface area contributed by atoms with Crippen molar-refractivity contribution in [2.75, 3.05) is 6.54 Å². The lowest BCUT2D eigenvalue weighted by molar-refractivity contribution is 0.0661. The second-order valence-corrected chi connectivity index (χ2v) is 7.31. The van der Waals surface area contributed by atoms with Gasteiger partial charge in [0.1, 0.15) is 10.7 Å². The van der Waals surface area contributed by atoms with Crippen LogP contribution in [-0.2, 0) is 23.5 Å².